The number of hydrogen-bond donors (Lipinski definition) is 1. The Kier molecular flexibility index (Phi) is 5.42. The predicted octanol–water partition coefficient (Wildman–Crippen LogP) is 4.29. The molecule has 0 atom stereocenters. The molecule has 0 aliphatic rings. The first-order chi connectivity index (χ1) is 10.4. The number of carbonyl (C=O) groups excluding carboxylic acids is 2. The Balaban J connectivity index is 2.29. The van der Waals surface area contributed by atoms with Gasteiger partial charge in [0.25, 0.3) is 5.91 Å². The Hall–Kier alpha value is -1.60. The lowest BCUT2D eigenvalue weighted by Crippen LogP contribution is -2.14. The zero-order chi connectivity index (χ0) is 16.3. The molecule has 114 valence electrons. The van der Waals surface area contributed by atoms with E-state index in [9.17, 15) is 9.59 Å². The van der Waals surface area contributed by atoms with Gasteiger partial charge in [0, 0.05) is 3.57 Å². The Morgan fingerprint density at radius 1 is 1.18 bits per heavy atom. The van der Waals surface area contributed by atoms with Gasteiger partial charge < -0.3 is 10.1 Å². The fourth-order valence-corrected chi connectivity index (χ4v) is 2.94. The topological polar surface area (TPSA) is 55.4 Å². The summed E-state index contributed by atoms with van der Waals surface area (Å²) >= 11 is 8.18. The van der Waals surface area contributed by atoms with Gasteiger partial charge in [-0.05, 0) is 59.8 Å². The van der Waals surface area contributed by atoms with E-state index in [-0.39, 0.29) is 5.91 Å². The van der Waals surface area contributed by atoms with Crippen LogP contribution in [0, 0.1) is 10.5 Å². The molecule has 0 saturated heterocycles. The van der Waals surface area contributed by atoms with Gasteiger partial charge in [-0.15, -0.1) is 0 Å². The molecular formula is C16H13ClINO3. The number of aryl methyl sites for hydroxylation is 1. The van der Waals surface area contributed by atoms with Crippen LogP contribution in [0.25, 0.3) is 0 Å². The van der Waals surface area contributed by atoms with E-state index >= 15 is 0 Å². The number of halogens is 2. The molecule has 0 aliphatic heterocycles. The van der Waals surface area contributed by atoms with Crippen molar-refractivity contribution >= 4 is 51.8 Å². The summed E-state index contributed by atoms with van der Waals surface area (Å²) in [5.41, 5.74) is 2.31. The number of rotatable bonds is 3. The molecule has 0 spiro atoms. The number of hydrogen-bond acceptors (Lipinski definition) is 3. The molecule has 0 heterocycles. The zero-order valence-corrected chi connectivity index (χ0v) is 14.9. The quantitative estimate of drug-likeness (QED) is 0.585. The minimum atomic E-state index is -0.489. The highest BCUT2D eigenvalue weighted by Crippen LogP contribution is 2.25. The first-order valence-corrected chi connectivity index (χ1v) is 7.83. The van der Waals surface area contributed by atoms with Gasteiger partial charge in [-0.25, -0.2) is 4.79 Å². The van der Waals surface area contributed by atoms with Crippen molar-refractivity contribution in [1.82, 2.24) is 0 Å². The lowest BCUT2D eigenvalue weighted by molar-refractivity contribution is 0.0600. The van der Waals surface area contributed by atoms with Crippen LogP contribution in [0.5, 0.6) is 0 Å². The third-order valence-corrected chi connectivity index (χ3v) is 4.23. The van der Waals surface area contributed by atoms with E-state index < -0.39 is 5.97 Å². The predicted molar refractivity (Wildman–Crippen MR) is 94.6 cm³/mol. The van der Waals surface area contributed by atoms with Crippen molar-refractivity contribution in [2.45, 2.75) is 6.92 Å². The third kappa shape index (κ3) is 3.78. The summed E-state index contributed by atoms with van der Waals surface area (Å²) in [5, 5.41) is 3.07. The molecule has 2 aromatic rings. The van der Waals surface area contributed by atoms with Crippen molar-refractivity contribution in [3.63, 3.8) is 0 Å². The summed E-state index contributed by atoms with van der Waals surface area (Å²) in [5.74, 6) is -0.773. The first-order valence-electron chi connectivity index (χ1n) is 6.37. The second-order valence-corrected chi connectivity index (χ2v) is 6.19. The molecule has 0 aliphatic carbocycles. The number of esters is 1. The number of nitrogens with one attached hydrogen (secondary N) is 1. The molecule has 0 aromatic heterocycles. The van der Waals surface area contributed by atoms with Crippen LogP contribution < -0.4 is 5.32 Å². The van der Waals surface area contributed by atoms with Gasteiger partial charge in [-0.2, -0.15) is 0 Å². The molecule has 0 unspecified atom stereocenters. The average Bonchev–Trinajstić information content (AvgIpc) is 2.48. The highest BCUT2D eigenvalue weighted by atomic mass is 127. The molecule has 2 aromatic carbocycles. The largest absolute Gasteiger partial charge is 0.465 e. The van der Waals surface area contributed by atoms with E-state index in [1.54, 1.807) is 18.2 Å². The summed E-state index contributed by atoms with van der Waals surface area (Å²) in [7, 11) is 1.30. The van der Waals surface area contributed by atoms with Crippen LogP contribution in [0.15, 0.2) is 36.4 Å². The van der Waals surface area contributed by atoms with Gasteiger partial charge in [0.2, 0.25) is 0 Å². The van der Waals surface area contributed by atoms with E-state index in [2.05, 4.69) is 32.6 Å². The summed E-state index contributed by atoms with van der Waals surface area (Å²) in [6.07, 6.45) is 0. The maximum atomic E-state index is 12.4. The van der Waals surface area contributed by atoms with Gasteiger partial charge in [-0.1, -0.05) is 23.2 Å². The smallest absolute Gasteiger partial charge is 0.337 e. The van der Waals surface area contributed by atoms with Gasteiger partial charge in [-0.3, -0.25) is 4.79 Å². The van der Waals surface area contributed by atoms with Crippen LogP contribution in [0.4, 0.5) is 5.69 Å². The van der Waals surface area contributed by atoms with Crippen molar-refractivity contribution in [3.05, 3.63) is 61.7 Å². The lowest BCUT2D eigenvalue weighted by Gasteiger charge is -2.10. The van der Waals surface area contributed by atoms with Crippen LogP contribution in [0.2, 0.25) is 5.02 Å². The molecule has 4 nitrogen and oxygen atoms in total. The molecule has 1 N–H and O–H groups in total. The third-order valence-electron chi connectivity index (χ3n) is 3.00. The monoisotopic (exact) mass is 429 g/mol. The summed E-state index contributed by atoms with van der Waals surface area (Å²) in [4.78, 5) is 23.9. The molecule has 0 bridgehead atoms. The number of ether oxygens (including phenoxy) is 1. The zero-order valence-electron chi connectivity index (χ0n) is 11.9. The van der Waals surface area contributed by atoms with Crippen LogP contribution >= 0.6 is 34.2 Å². The van der Waals surface area contributed by atoms with Gasteiger partial charge in [0.1, 0.15) is 0 Å². The SMILES string of the molecule is COC(=O)c1ccc(Cl)c(NC(=O)c2ccc(C)cc2I)c1. The van der Waals surface area contributed by atoms with E-state index in [0.717, 1.165) is 9.13 Å². The number of amides is 1. The molecular weight excluding hydrogens is 417 g/mol. The fraction of sp³-hybridized carbons (Fsp3) is 0.125. The van der Waals surface area contributed by atoms with Crippen LogP contribution in [-0.4, -0.2) is 19.0 Å². The minimum absolute atomic E-state index is 0.284. The van der Waals surface area contributed by atoms with Crippen molar-refractivity contribution in [2.24, 2.45) is 0 Å². The highest BCUT2D eigenvalue weighted by Gasteiger charge is 2.14. The maximum absolute atomic E-state index is 12.4. The molecule has 1 amide bonds. The van der Waals surface area contributed by atoms with E-state index in [1.807, 2.05) is 19.1 Å². The average molecular weight is 430 g/mol. The van der Waals surface area contributed by atoms with Crippen LogP contribution in [0.3, 0.4) is 0 Å². The second kappa shape index (κ2) is 7.11. The molecule has 0 radical (unpaired) electrons. The molecule has 0 saturated carbocycles. The number of methoxy groups -OCH3 is 1. The van der Waals surface area contributed by atoms with Gasteiger partial charge in [0.15, 0.2) is 0 Å². The molecule has 0 fully saturated rings. The van der Waals surface area contributed by atoms with Crippen molar-refractivity contribution in [1.29, 1.82) is 0 Å². The molecule has 22 heavy (non-hydrogen) atoms. The summed E-state index contributed by atoms with van der Waals surface area (Å²) in [6, 6.07) is 10.1. The normalized spacial score (nSPS) is 10.2. The number of anilines is 1. The van der Waals surface area contributed by atoms with Gasteiger partial charge >= 0.3 is 5.97 Å². The van der Waals surface area contributed by atoms with E-state index in [4.69, 9.17) is 11.6 Å². The fourth-order valence-electron chi connectivity index (χ4n) is 1.86. The number of benzene rings is 2. The second-order valence-electron chi connectivity index (χ2n) is 4.62. The Labute approximate surface area is 146 Å². The number of carbonyl (C=O) groups is 2. The van der Waals surface area contributed by atoms with Crippen LogP contribution in [-0.2, 0) is 4.74 Å². The summed E-state index contributed by atoms with van der Waals surface area (Å²) < 4.78 is 5.50. The van der Waals surface area contributed by atoms with Crippen molar-refractivity contribution in [3.8, 4) is 0 Å². The Bertz CT molecular complexity index is 746. The Morgan fingerprint density at radius 2 is 1.91 bits per heavy atom. The maximum Gasteiger partial charge on any atom is 0.337 e. The van der Waals surface area contributed by atoms with Gasteiger partial charge in [0.05, 0.1) is 28.9 Å². The molecule has 2 rings (SSSR count). The Morgan fingerprint density at radius 3 is 2.55 bits per heavy atom. The summed E-state index contributed by atoms with van der Waals surface area (Å²) in [6.45, 7) is 1.96. The standard InChI is InChI=1S/C16H13ClINO3/c1-9-3-5-11(13(18)7-9)15(20)19-14-8-10(16(21)22-2)4-6-12(14)17/h3-8H,1-2H3,(H,19,20). The lowest BCUT2D eigenvalue weighted by atomic mass is 10.1. The first kappa shape index (κ1) is 16.8. The van der Waals surface area contributed by atoms with E-state index in [0.29, 0.717) is 21.8 Å². The van der Waals surface area contributed by atoms with Crippen LogP contribution in [0.1, 0.15) is 26.3 Å². The minimum Gasteiger partial charge on any atom is -0.465 e. The van der Waals surface area contributed by atoms with Crippen molar-refractivity contribution in [2.75, 3.05) is 12.4 Å². The highest BCUT2D eigenvalue weighted by molar-refractivity contribution is 14.1. The van der Waals surface area contributed by atoms with Crippen molar-refractivity contribution < 1.29 is 14.3 Å². The molecule has 6 heteroatoms. The van der Waals surface area contributed by atoms with E-state index in [1.165, 1.54) is 13.2 Å².